The Morgan fingerprint density at radius 1 is 1.33 bits per heavy atom. The first-order valence-corrected chi connectivity index (χ1v) is 7.12. The Balaban J connectivity index is 2.29. The summed E-state index contributed by atoms with van der Waals surface area (Å²) in [6.07, 6.45) is 0.842. The summed E-state index contributed by atoms with van der Waals surface area (Å²) < 4.78 is 5.62. The number of aliphatic hydroxyl groups excluding tert-OH is 1. The summed E-state index contributed by atoms with van der Waals surface area (Å²) >= 11 is 1.79. The zero-order valence-electron chi connectivity index (χ0n) is 10.4. The van der Waals surface area contributed by atoms with E-state index in [4.69, 9.17) is 15.6 Å². The van der Waals surface area contributed by atoms with Crippen molar-refractivity contribution in [1.82, 2.24) is 0 Å². The number of hydrogen-bond acceptors (Lipinski definition) is 4. The molecule has 0 spiro atoms. The van der Waals surface area contributed by atoms with Crippen LogP contribution in [0.2, 0.25) is 0 Å². The predicted molar refractivity (Wildman–Crippen MR) is 76.9 cm³/mol. The van der Waals surface area contributed by atoms with Crippen molar-refractivity contribution in [2.75, 3.05) is 31.3 Å². The third-order valence-corrected chi connectivity index (χ3v) is 3.14. The molecule has 1 aromatic rings. The lowest BCUT2D eigenvalue weighted by Gasteiger charge is -2.06. The van der Waals surface area contributed by atoms with E-state index in [1.54, 1.807) is 11.8 Å². The second kappa shape index (κ2) is 9.84. The molecule has 18 heavy (non-hydrogen) atoms. The Hall–Kier alpha value is -1.15. The van der Waals surface area contributed by atoms with Gasteiger partial charge in [0.2, 0.25) is 0 Å². The third-order valence-electron chi connectivity index (χ3n) is 2.11. The Morgan fingerprint density at radius 3 is 3.00 bits per heavy atom. The maximum atomic E-state index is 8.64. The number of rotatable bonds is 7. The largest absolute Gasteiger partial charge is 0.493 e. The van der Waals surface area contributed by atoms with Gasteiger partial charge in [-0.05, 0) is 30.4 Å². The van der Waals surface area contributed by atoms with Crippen LogP contribution in [0.1, 0.15) is 12.0 Å². The molecule has 0 aliphatic heterocycles. The van der Waals surface area contributed by atoms with Gasteiger partial charge in [0.25, 0.3) is 0 Å². The molecule has 0 saturated heterocycles. The van der Waals surface area contributed by atoms with Crippen molar-refractivity contribution in [2.24, 2.45) is 5.73 Å². The minimum Gasteiger partial charge on any atom is -0.493 e. The van der Waals surface area contributed by atoms with Crippen LogP contribution in [0.5, 0.6) is 5.75 Å². The molecule has 0 aliphatic rings. The first kappa shape index (κ1) is 14.9. The lowest BCUT2D eigenvalue weighted by molar-refractivity contribution is 0.296. The lowest BCUT2D eigenvalue weighted by atomic mass is 10.2. The monoisotopic (exact) mass is 265 g/mol. The van der Waals surface area contributed by atoms with Gasteiger partial charge >= 0.3 is 0 Å². The van der Waals surface area contributed by atoms with Crippen LogP contribution in [0.15, 0.2) is 24.3 Å². The van der Waals surface area contributed by atoms with E-state index in [2.05, 4.69) is 11.8 Å². The summed E-state index contributed by atoms with van der Waals surface area (Å²) in [5, 5.41) is 8.64. The van der Waals surface area contributed by atoms with E-state index in [0.29, 0.717) is 13.2 Å². The zero-order valence-corrected chi connectivity index (χ0v) is 11.2. The molecular weight excluding hydrogens is 246 g/mol. The normalized spacial score (nSPS) is 9.67. The number of aliphatic hydroxyl groups is 1. The SMILES string of the molecule is NCC#Cc1cccc(OCCSCCCO)c1. The van der Waals surface area contributed by atoms with E-state index in [1.165, 1.54) is 0 Å². The van der Waals surface area contributed by atoms with Crippen LogP contribution in [0.25, 0.3) is 0 Å². The highest BCUT2D eigenvalue weighted by molar-refractivity contribution is 7.99. The fourth-order valence-corrected chi connectivity index (χ4v) is 2.04. The number of nitrogens with two attached hydrogens (primary N) is 1. The minimum atomic E-state index is 0.260. The Morgan fingerprint density at radius 2 is 2.22 bits per heavy atom. The van der Waals surface area contributed by atoms with Gasteiger partial charge < -0.3 is 15.6 Å². The third kappa shape index (κ3) is 6.55. The molecule has 0 amide bonds. The van der Waals surface area contributed by atoms with Gasteiger partial charge in [0.05, 0.1) is 13.2 Å². The summed E-state index contributed by atoms with van der Waals surface area (Å²) in [6, 6.07) is 7.70. The number of ether oxygens (including phenoxy) is 1. The Labute approximate surface area is 113 Å². The van der Waals surface area contributed by atoms with Gasteiger partial charge in [-0.2, -0.15) is 11.8 Å². The minimum absolute atomic E-state index is 0.260. The second-order valence-electron chi connectivity index (χ2n) is 3.57. The van der Waals surface area contributed by atoms with Crippen LogP contribution >= 0.6 is 11.8 Å². The zero-order chi connectivity index (χ0) is 13.1. The van der Waals surface area contributed by atoms with Crippen molar-refractivity contribution in [2.45, 2.75) is 6.42 Å². The predicted octanol–water partition coefficient (Wildman–Crippen LogP) is 1.49. The number of hydrogen-bond donors (Lipinski definition) is 2. The van der Waals surface area contributed by atoms with E-state index in [1.807, 2.05) is 24.3 Å². The van der Waals surface area contributed by atoms with Crippen LogP contribution in [0.3, 0.4) is 0 Å². The molecule has 0 unspecified atom stereocenters. The maximum absolute atomic E-state index is 8.64. The highest BCUT2D eigenvalue weighted by atomic mass is 32.2. The van der Waals surface area contributed by atoms with Crippen LogP contribution in [0, 0.1) is 11.8 Å². The average Bonchev–Trinajstić information content (AvgIpc) is 2.41. The number of thioether (sulfide) groups is 1. The molecule has 0 saturated carbocycles. The van der Waals surface area contributed by atoms with Gasteiger partial charge in [-0.1, -0.05) is 17.9 Å². The van der Waals surface area contributed by atoms with Gasteiger partial charge in [0, 0.05) is 17.9 Å². The van der Waals surface area contributed by atoms with Crippen molar-refractivity contribution >= 4 is 11.8 Å². The molecule has 98 valence electrons. The summed E-state index contributed by atoms with van der Waals surface area (Å²) in [5.74, 6) is 8.53. The maximum Gasteiger partial charge on any atom is 0.120 e. The molecule has 3 N–H and O–H groups in total. The fourth-order valence-electron chi connectivity index (χ4n) is 1.30. The average molecular weight is 265 g/mol. The molecule has 3 nitrogen and oxygen atoms in total. The first-order chi connectivity index (χ1) is 8.86. The van der Waals surface area contributed by atoms with Crippen LogP contribution in [0.4, 0.5) is 0 Å². The van der Waals surface area contributed by atoms with Crippen molar-refractivity contribution in [3.63, 3.8) is 0 Å². The van der Waals surface area contributed by atoms with Crippen molar-refractivity contribution in [1.29, 1.82) is 0 Å². The standard InChI is InChI=1S/C14H19NO2S/c15-7-2-5-13-4-1-6-14(12-13)17-9-11-18-10-3-8-16/h1,4,6,12,16H,3,7-11,15H2. The molecule has 0 aromatic heterocycles. The van der Waals surface area contributed by atoms with E-state index in [9.17, 15) is 0 Å². The topological polar surface area (TPSA) is 55.5 Å². The molecule has 0 bridgehead atoms. The molecule has 0 atom stereocenters. The van der Waals surface area contributed by atoms with E-state index in [0.717, 1.165) is 29.2 Å². The van der Waals surface area contributed by atoms with Gasteiger partial charge in [-0.25, -0.2) is 0 Å². The highest BCUT2D eigenvalue weighted by Gasteiger charge is 1.95. The number of benzene rings is 1. The summed E-state index contributed by atoms with van der Waals surface area (Å²) in [6.45, 7) is 1.30. The van der Waals surface area contributed by atoms with Crippen molar-refractivity contribution in [3.05, 3.63) is 29.8 Å². The summed E-state index contributed by atoms with van der Waals surface area (Å²) in [7, 11) is 0. The molecular formula is C14H19NO2S. The van der Waals surface area contributed by atoms with Crippen molar-refractivity contribution in [3.8, 4) is 17.6 Å². The van der Waals surface area contributed by atoms with Crippen molar-refractivity contribution < 1.29 is 9.84 Å². The fraction of sp³-hybridized carbons (Fsp3) is 0.429. The van der Waals surface area contributed by atoms with Crippen LogP contribution in [-0.2, 0) is 0 Å². The van der Waals surface area contributed by atoms with Crippen LogP contribution in [-0.4, -0.2) is 36.4 Å². The smallest absolute Gasteiger partial charge is 0.120 e. The summed E-state index contributed by atoms with van der Waals surface area (Å²) in [4.78, 5) is 0. The van der Waals surface area contributed by atoms with E-state index >= 15 is 0 Å². The summed E-state index contributed by atoms with van der Waals surface area (Å²) in [5.41, 5.74) is 6.25. The Kier molecular flexibility index (Phi) is 8.15. The molecule has 0 fully saturated rings. The highest BCUT2D eigenvalue weighted by Crippen LogP contribution is 2.13. The second-order valence-corrected chi connectivity index (χ2v) is 4.80. The van der Waals surface area contributed by atoms with Gasteiger partial charge in [-0.15, -0.1) is 0 Å². The van der Waals surface area contributed by atoms with Gasteiger partial charge in [-0.3, -0.25) is 0 Å². The molecule has 0 radical (unpaired) electrons. The van der Waals surface area contributed by atoms with Crippen LogP contribution < -0.4 is 10.5 Å². The molecule has 0 aliphatic carbocycles. The quantitative estimate of drug-likeness (QED) is 0.579. The van der Waals surface area contributed by atoms with E-state index < -0.39 is 0 Å². The lowest BCUT2D eigenvalue weighted by Crippen LogP contribution is -2.01. The van der Waals surface area contributed by atoms with Gasteiger partial charge in [0.15, 0.2) is 0 Å². The Bertz CT molecular complexity index is 398. The first-order valence-electron chi connectivity index (χ1n) is 5.97. The van der Waals surface area contributed by atoms with E-state index in [-0.39, 0.29) is 6.61 Å². The molecule has 0 heterocycles. The molecule has 4 heteroatoms. The molecule has 1 aromatic carbocycles. The molecule has 1 rings (SSSR count). The van der Waals surface area contributed by atoms with Gasteiger partial charge in [0.1, 0.15) is 5.75 Å².